The minimum Gasteiger partial charge on any atom is -0.507 e. The third-order valence-corrected chi connectivity index (χ3v) is 6.66. The van der Waals surface area contributed by atoms with Crippen LogP contribution in [-0.2, 0) is 22.3 Å². The summed E-state index contributed by atoms with van der Waals surface area (Å²) in [6.07, 6.45) is -3.99. The zero-order valence-electron chi connectivity index (χ0n) is 21.2. The van der Waals surface area contributed by atoms with E-state index in [1.54, 1.807) is 6.92 Å². The second kappa shape index (κ2) is 10.9. The van der Waals surface area contributed by atoms with Crippen LogP contribution in [0.15, 0.2) is 39.5 Å². The molecule has 1 fully saturated rings. The number of aromatic hydroxyl groups is 1. The van der Waals surface area contributed by atoms with Crippen LogP contribution < -0.4 is 14.9 Å². The molecule has 0 amide bonds. The number of nitrogens with zero attached hydrogens (tertiary/aromatic N) is 1. The average molecular weight is 536 g/mol. The number of rotatable bonds is 7. The van der Waals surface area contributed by atoms with Crippen LogP contribution in [0.2, 0.25) is 0 Å². The summed E-state index contributed by atoms with van der Waals surface area (Å²) in [5, 5.41) is 10.5. The molecule has 0 aliphatic carbocycles. The molecule has 1 aromatic heterocycles. The maximum absolute atomic E-state index is 14.2. The number of fused-ring (bicyclic) bond motifs is 1. The largest absolute Gasteiger partial charge is 0.507 e. The van der Waals surface area contributed by atoms with Crippen molar-refractivity contribution in [2.75, 3.05) is 33.9 Å². The van der Waals surface area contributed by atoms with Crippen molar-refractivity contribution in [3.8, 4) is 28.4 Å². The number of halogens is 3. The van der Waals surface area contributed by atoms with Crippen molar-refractivity contribution in [3.63, 3.8) is 0 Å². The first-order chi connectivity index (χ1) is 18.1. The third kappa shape index (κ3) is 5.28. The van der Waals surface area contributed by atoms with Crippen molar-refractivity contribution >= 4 is 16.9 Å². The van der Waals surface area contributed by atoms with E-state index in [0.29, 0.717) is 25.9 Å². The molecule has 11 heteroatoms. The number of phenolic OH excluding ortho intramolecular Hbond substituents is 1. The molecule has 0 atom stereocenters. The van der Waals surface area contributed by atoms with Gasteiger partial charge in [0.1, 0.15) is 11.3 Å². The summed E-state index contributed by atoms with van der Waals surface area (Å²) in [6, 6.07) is 6.52. The second-order valence-corrected chi connectivity index (χ2v) is 8.95. The van der Waals surface area contributed by atoms with Crippen LogP contribution in [0.4, 0.5) is 13.2 Å². The Morgan fingerprint density at radius 3 is 2.39 bits per heavy atom. The molecule has 0 spiro atoms. The fourth-order valence-corrected chi connectivity index (χ4v) is 4.72. The molecule has 1 aliphatic rings. The van der Waals surface area contributed by atoms with Crippen molar-refractivity contribution in [2.45, 2.75) is 32.5 Å². The van der Waals surface area contributed by atoms with Gasteiger partial charge in [0.05, 0.1) is 43.3 Å². The Hall–Kier alpha value is -3.73. The number of hydrogen-bond donors (Lipinski definition) is 1. The Bertz CT molecular complexity index is 1390. The lowest BCUT2D eigenvalue weighted by molar-refractivity contribution is -0.152. The Kier molecular flexibility index (Phi) is 7.86. The summed E-state index contributed by atoms with van der Waals surface area (Å²) >= 11 is 0. The van der Waals surface area contributed by atoms with E-state index in [9.17, 15) is 27.9 Å². The van der Waals surface area contributed by atoms with Crippen LogP contribution in [0, 0.1) is 5.92 Å². The highest BCUT2D eigenvalue weighted by molar-refractivity contribution is 5.87. The lowest BCUT2D eigenvalue weighted by Crippen LogP contribution is -2.36. The smallest absolute Gasteiger partial charge is 0.450 e. The molecule has 0 unspecified atom stereocenters. The van der Waals surface area contributed by atoms with Crippen molar-refractivity contribution in [2.24, 2.45) is 5.92 Å². The molecular formula is C27H28F3NO7. The third-order valence-electron chi connectivity index (χ3n) is 6.66. The number of hydrogen-bond acceptors (Lipinski definition) is 8. The fourth-order valence-electron chi connectivity index (χ4n) is 4.72. The average Bonchev–Trinajstić information content (AvgIpc) is 2.89. The molecule has 4 rings (SSSR count). The van der Waals surface area contributed by atoms with E-state index < -0.39 is 22.9 Å². The van der Waals surface area contributed by atoms with E-state index in [0.717, 1.165) is 0 Å². The number of benzene rings is 2. The first-order valence-corrected chi connectivity index (χ1v) is 12.1. The van der Waals surface area contributed by atoms with Crippen molar-refractivity contribution in [1.29, 1.82) is 0 Å². The number of likely N-dealkylation sites (tertiary alicyclic amines) is 1. The van der Waals surface area contributed by atoms with Gasteiger partial charge in [-0.05, 0) is 62.7 Å². The Morgan fingerprint density at radius 1 is 1.11 bits per heavy atom. The van der Waals surface area contributed by atoms with E-state index in [4.69, 9.17) is 18.6 Å². The molecule has 1 aliphatic heterocycles. The lowest BCUT2D eigenvalue weighted by atomic mass is 9.96. The maximum atomic E-state index is 14.2. The Balaban J connectivity index is 1.79. The highest BCUT2D eigenvalue weighted by Crippen LogP contribution is 2.41. The van der Waals surface area contributed by atoms with E-state index in [-0.39, 0.29) is 64.4 Å². The SMILES string of the molecule is CCOC(=O)C1CCN(Cc2c(O)ccc3c(=O)c(-c4ccc(OC)c(OC)c4)c(C(F)(F)F)oc23)CC1. The quantitative estimate of drug-likeness (QED) is 0.423. The zero-order valence-corrected chi connectivity index (χ0v) is 21.2. The van der Waals surface area contributed by atoms with E-state index >= 15 is 0 Å². The first-order valence-electron chi connectivity index (χ1n) is 12.1. The molecule has 8 nitrogen and oxygen atoms in total. The number of carbonyl (C=O) groups excluding carboxylic acids is 1. The molecule has 1 N–H and O–H groups in total. The number of esters is 1. The van der Waals surface area contributed by atoms with E-state index in [1.165, 1.54) is 44.6 Å². The first kappa shape index (κ1) is 27.3. The Labute approximate surface area is 216 Å². The Morgan fingerprint density at radius 2 is 1.79 bits per heavy atom. The lowest BCUT2D eigenvalue weighted by Gasteiger charge is -2.31. The minimum atomic E-state index is -5.00. The van der Waals surface area contributed by atoms with Gasteiger partial charge >= 0.3 is 12.1 Å². The van der Waals surface area contributed by atoms with Gasteiger partial charge < -0.3 is 23.7 Å². The predicted octanol–water partition coefficient (Wildman–Crippen LogP) is 4.98. The summed E-state index contributed by atoms with van der Waals surface area (Å²) in [5.41, 5.74) is -1.88. The summed E-state index contributed by atoms with van der Waals surface area (Å²) in [6.45, 7) is 2.97. The molecule has 38 heavy (non-hydrogen) atoms. The standard InChI is InChI=1S/C27H28F3NO7/c1-4-37-26(34)15-9-11-31(12-10-15)14-18-19(32)7-6-17-23(33)22(25(27(28,29)30)38-24(17)18)16-5-8-20(35-2)21(13-16)36-3/h5-8,13,15,32H,4,9-12,14H2,1-3H3. The molecule has 2 heterocycles. The zero-order chi connectivity index (χ0) is 27.6. The number of carbonyl (C=O) groups is 1. The van der Waals surface area contributed by atoms with Crippen molar-refractivity contribution in [3.05, 3.63) is 51.9 Å². The number of piperidine rings is 1. The van der Waals surface area contributed by atoms with Crippen molar-refractivity contribution < 1.29 is 41.7 Å². The monoisotopic (exact) mass is 535 g/mol. The van der Waals surface area contributed by atoms with Gasteiger partial charge in [0, 0.05) is 6.54 Å². The molecule has 2 aromatic carbocycles. The summed E-state index contributed by atoms with van der Waals surface area (Å²) in [7, 11) is 2.72. The van der Waals surface area contributed by atoms with Gasteiger partial charge in [0.15, 0.2) is 11.5 Å². The van der Waals surface area contributed by atoms with Crippen LogP contribution in [0.25, 0.3) is 22.1 Å². The van der Waals surface area contributed by atoms with Gasteiger partial charge in [-0.2, -0.15) is 13.2 Å². The fraction of sp³-hybridized carbons (Fsp3) is 0.407. The molecule has 0 radical (unpaired) electrons. The topological polar surface area (TPSA) is 98.4 Å². The molecule has 1 saturated heterocycles. The van der Waals surface area contributed by atoms with E-state index in [1.807, 2.05) is 4.90 Å². The number of alkyl halides is 3. The van der Waals surface area contributed by atoms with Crippen LogP contribution in [0.5, 0.6) is 17.2 Å². The van der Waals surface area contributed by atoms with Gasteiger partial charge in [0.25, 0.3) is 0 Å². The highest BCUT2D eigenvalue weighted by Gasteiger charge is 2.40. The summed E-state index contributed by atoms with van der Waals surface area (Å²) in [4.78, 5) is 27.4. The van der Waals surface area contributed by atoms with Gasteiger partial charge in [-0.25, -0.2) is 0 Å². The minimum absolute atomic E-state index is 0.0364. The number of ether oxygens (including phenoxy) is 3. The van der Waals surface area contributed by atoms with Gasteiger partial charge in [-0.1, -0.05) is 6.07 Å². The highest BCUT2D eigenvalue weighted by atomic mass is 19.4. The second-order valence-electron chi connectivity index (χ2n) is 8.95. The van der Waals surface area contributed by atoms with Crippen LogP contribution in [0.1, 0.15) is 31.1 Å². The predicted molar refractivity (Wildman–Crippen MR) is 132 cm³/mol. The van der Waals surface area contributed by atoms with Crippen LogP contribution in [0.3, 0.4) is 0 Å². The molecule has 204 valence electrons. The summed E-state index contributed by atoms with van der Waals surface area (Å²) in [5.74, 6) is -1.87. The van der Waals surface area contributed by atoms with Gasteiger partial charge in [-0.15, -0.1) is 0 Å². The molecular weight excluding hydrogens is 507 g/mol. The summed E-state index contributed by atoms with van der Waals surface area (Å²) < 4.78 is 63.5. The number of phenols is 1. The molecule has 0 bridgehead atoms. The normalized spacial score (nSPS) is 15.0. The van der Waals surface area contributed by atoms with Crippen LogP contribution >= 0.6 is 0 Å². The van der Waals surface area contributed by atoms with Crippen LogP contribution in [-0.4, -0.2) is 49.9 Å². The van der Waals surface area contributed by atoms with Gasteiger partial charge in [0.2, 0.25) is 11.2 Å². The molecule has 3 aromatic rings. The van der Waals surface area contributed by atoms with E-state index in [2.05, 4.69) is 0 Å². The van der Waals surface area contributed by atoms with Crippen molar-refractivity contribution in [1.82, 2.24) is 4.90 Å². The maximum Gasteiger partial charge on any atom is 0.450 e. The molecule has 0 saturated carbocycles. The van der Waals surface area contributed by atoms with Gasteiger partial charge in [-0.3, -0.25) is 14.5 Å². The number of methoxy groups -OCH3 is 2.